The number of carbonyl (C=O) groups excluding carboxylic acids is 1. The van der Waals surface area contributed by atoms with Gasteiger partial charge in [-0.2, -0.15) is 5.10 Å². The zero-order valence-electron chi connectivity index (χ0n) is 17.4. The zero-order valence-corrected chi connectivity index (χ0v) is 18.3. The zero-order chi connectivity index (χ0) is 22.0. The van der Waals surface area contributed by atoms with Crippen LogP contribution in [-0.2, 0) is 0 Å². The molecule has 2 heterocycles. The van der Waals surface area contributed by atoms with Crippen LogP contribution in [0.2, 0.25) is 0 Å². The van der Waals surface area contributed by atoms with Gasteiger partial charge in [0.1, 0.15) is 12.7 Å². The fourth-order valence-electron chi connectivity index (χ4n) is 3.27. The summed E-state index contributed by atoms with van der Waals surface area (Å²) in [6.07, 6.45) is 2.98. The van der Waals surface area contributed by atoms with Crippen LogP contribution in [0.5, 0.6) is 17.2 Å². The first-order chi connectivity index (χ1) is 15.0. The van der Waals surface area contributed by atoms with Gasteiger partial charge in [-0.25, -0.2) is 14.6 Å². The summed E-state index contributed by atoms with van der Waals surface area (Å²) in [7, 11) is 4.54. The molecule has 0 radical (unpaired) electrons. The summed E-state index contributed by atoms with van der Waals surface area (Å²) in [4.78, 5) is 22.1. The molecule has 0 spiro atoms. The molecule has 0 unspecified atom stereocenters. The fourth-order valence-corrected chi connectivity index (χ4v) is 3.89. The van der Waals surface area contributed by atoms with Gasteiger partial charge in [-0.3, -0.25) is 4.79 Å². The van der Waals surface area contributed by atoms with Crippen molar-refractivity contribution in [1.82, 2.24) is 19.7 Å². The molecule has 0 bridgehead atoms. The van der Waals surface area contributed by atoms with Crippen molar-refractivity contribution in [2.75, 3.05) is 21.3 Å². The van der Waals surface area contributed by atoms with Crippen LogP contribution in [0.15, 0.2) is 48.4 Å². The SMILES string of the molecule is COc1cc(C(=O)c2ccc(-c3csc(C)n3)cc2-n2cncn2)cc(OC)c1OC. The number of methoxy groups -OCH3 is 3. The summed E-state index contributed by atoms with van der Waals surface area (Å²) < 4.78 is 17.7. The van der Waals surface area contributed by atoms with Gasteiger partial charge < -0.3 is 14.2 Å². The van der Waals surface area contributed by atoms with Crippen LogP contribution in [0.4, 0.5) is 0 Å². The van der Waals surface area contributed by atoms with E-state index >= 15 is 0 Å². The van der Waals surface area contributed by atoms with Crippen molar-refractivity contribution in [3.63, 3.8) is 0 Å². The lowest BCUT2D eigenvalue weighted by atomic mass is 9.98. The van der Waals surface area contributed by atoms with Crippen LogP contribution in [0.3, 0.4) is 0 Å². The number of ether oxygens (including phenoxy) is 3. The maximum atomic E-state index is 13.5. The third-order valence-corrected chi connectivity index (χ3v) is 5.52. The Labute approximate surface area is 183 Å². The lowest BCUT2D eigenvalue weighted by molar-refractivity contribution is 0.103. The van der Waals surface area contributed by atoms with Gasteiger partial charge in [0.25, 0.3) is 0 Å². The minimum atomic E-state index is -0.217. The van der Waals surface area contributed by atoms with Gasteiger partial charge in [-0.1, -0.05) is 6.07 Å². The van der Waals surface area contributed by atoms with E-state index in [0.29, 0.717) is 34.1 Å². The number of carbonyl (C=O) groups is 1. The van der Waals surface area contributed by atoms with Crippen LogP contribution in [-0.4, -0.2) is 46.9 Å². The van der Waals surface area contributed by atoms with Gasteiger partial charge in [0.05, 0.1) is 37.7 Å². The Morgan fingerprint density at radius 1 is 1.03 bits per heavy atom. The van der Waals surface area contributed by atoms with Crippen LogP contribution < -0.4 is 14.2 Å². The summed E-state index contributed by atoms with van der Waals surface area (Å²) in [5, 5.41) is 7.17. The monoisotopic (exact) mass is 436 g/mol. The molecule has 158 valence electrons. The molecular formula is C22H20N4O4S. The van der Waals surface area contributed by atoms with Crippen LogP contribution in [0, 0.1) is 6.92 Å². The van der Waals surface area contributed by atoms with Crippen molar-refractivity contribution >= 4 is 17.1 Å². The maximum absolute atomic E-state index is 13.5. The van der Waals surface area contributed by atoms with Crippen molar-refractivity contribution < 1.29 is 19.0 Å². The van der Waals surface area contributed by atoms with E-state index in [0.717, 1.165) is 16.3 Å². The highest BCUT2D eigenvalue weighted by atomic mass is 32.1. The quantitative estimate of drug-likeness (QED) is 0.405. The summed E-state index contributed by atoms with van der Waals surface area (Å²) in [5.74, 6) is 1.02. The van der Waals surface area contributed by atoms with E-state index in [9.17, 15) is 4.79 Å². The van der Waals surface area contributed by atoms with E-state index in [4.69, 9.17) is 14.2 Å². The van der Waals surface area contributed by atoms with E-state index < -0.39 is 0 Å². The largest absolute Gasteiger partial charge is 0.493 e. The highest BCUT2D eigenvalue weighted by Gasteiger charge is 2.21. The average molecular weight is 436 g/mol. The molecule has 0 aliphatic rings. The van der Waals surface area contributed by atoms with E-state index in [-0.39, 0.29) is 5.78 Å². The number of benzene rings is 2. The second kappa shape index (κ2) is 8.57. The number of aromatic nitrogens is 4. The van der Waals surface area contributed by atoms with Gasteiger partial charge in [-0.15, -0.1) is 11.3 Å². The Morgan fingerprint density at radius 2 is 1.77 bits per heavy atom. The minimum absolute atomic E-state index is 0.217. The van der Waals surface area contributed by atoms with Gasteiger partial charge in [0, 0.05) is 22.1 Å². The Balaban J connectivity index is 1.85. The molecule has 8 nitrogen and oxygen atoms in total. The molecular weight excluding hydrogens is 416 g/mol. The van der Waals surface area contributed by atoms with Gasteiger partial charge in [-0.05, 0) is 31.2 Å². The van der Waals surface area contributed by atoms with Crippen molar-refractivity contribution in [2.24, 2.45) is 0 Å². The number of aryl methyl sites for hydroxylation is 1. The van der Waals surface area contributed by atoms with E-state index in [1.165, 1.54) is 27.7 Å². The van der Waals surface area contributed by atoms with Crippen LogP contribution in [0.25, 0.3) is 16.9 Å². The third-order valence-electron chi connectivity index (χ3n) is 4.75. The smallest absolute Gasteiger partial charge is 0.203 e. The molecule has 0 aliphatic heterocycles. The topological polar surface area (TPSA) is 88.4 Å². The lowest BCUT2D eigenvalue weighted by Gasteiger charge is -2.15. The third kappa shape index (κ3) is 3.87. The minimum Gasteiger partial charge on any atom is -0.493 e. The second-order valence-electron chi connectivity index (χ2n) is 6.57. The number of hydrogen-bond acceptors (Lipinski definition) is 8. The average Bonchev–Trinajstić information content (AvgIpc) is 3.49. The van der Waals surface area contributed by atoms with Gasteiger partial charge in [0.2, 0.25) is 5.75 Å². The first-order valence-electron chi connectivity index (χ1n) is 9.32. The fraction of sp³-hybridized carbons (Fsp3) is 0.182. The van der Waals surface area contributed by atoms with E-state index in [1.807, 2.05) is 24.4 Å². The molecule has 0 atom stereocenters. The molecule has 9 heteroatoms. The Bertz CT molecular complexity index is 1210. The molecule has 0 fully saturated rings. The molecule has 0 N–H and O–H groups in total. The highest BCUT2D eigenvalue weighted by molar-refractivity contribution is 7.09. The van der Waals surface area contributed by atoms with E-state index in [1.54, 1.807) is 40.5 Å². The molecule has 0 saturated heterocycles. The Kier molecular flexibility index (Phi) is 5.68. The molecule has 4 aromatic rings. The molecule has 2 aromatic heterocycles. The normalized spacial score (nSPS) is 10.7. The Morgan fingerprint density at radius 3 is 2.32 bits per heavy atom. The van der Waals surface area contributed by atoms with Crippen LogP contribution in [0.1, 0.15) is 20.9 Å². The number of nitrogens with zero attached hydrogens (tertiary/aromatic N) is 4. The molecule has 0 amide bonds. The second-order valence-corrected chi connectivity index (χ2v) is 7.63. The predicted octanol–water partition coefficient (Wildman–Crippen LogP) is 3.96. The van der Waals surface area contributed by atoms with Crippen molar-refractivity contribution in [3.8, 4) is 34.2 Å². The number of ketones is 1. The van der Waals surface area contributed by atoms with Gasteiger partial charge in [0.15, 0.2) is 17.3 Å². The van der Waals surface area contributed by atoms with Crippen molar-refractivity contribution in [1.29, 1.82) is 0 Å². The molecule has 2 aromatic carbocycles. The lowest BCUT2D eigenvalue weighted by Crippen LogP contribution is -2.09. The van der Waals surface area contributed by atoms with Gasteiger partial charge >= 0.3 is 0 Å². The number of rotatable bonds is 7. The first-order valence-corrected chi connectivity index (χ1v) is 10.2. The van der Waals surface area contributed by atoms with Crippen molar-refractivity contribution in [2.45, 2.75) is 6.92 Å². The summed E-state index contributed by atoms with van der Waals surface area (Å²) >= 11 is 1.57. The number of hydrogen-bond donors (Lipinski definition) is 0. The maximum Gasteiger partial charge on any atom is 0.203 e. The molecule has 0 aliphatic carbocycles. The highest BCUT2D eigenvalue weighted by Crippen LogP contribution is 2.39. The number of thiazole rings is 1. The summed E-state index contributed by atoms with van der Waals surface area (Å²) in [6.45, 7) is 1.95. The van der Waals surface area contributed by atoms with Crippen molar-refractivity contribution in [3.05, 3.63) is 64.5 Å². The standard InChI is InChI=1S/C22H20N4O4S/c1-13-25-17(10-31-13)14-5-6-16(18(7-14)26-12-23-11-24-26)21(27)15-8-19(28-2)22(30-4)20(9-15)29-3/h5-12H,1-4H3. The first kappa shape index (κ1) is 20.5. The molecule has 31 heavy (non-hydrogen) atoms. The predicted molar refractivity (Wildman–Crippen MR) is 117 cm³/mol. The molecule has 0 saturated carbocycles. The summed E-state index contributed by atoms with van der Waals surface area (Å²) in [5.41, 5.74) is 3.18. The Hall–Kier alpha value is -3.72. The molecule has 4 rings (SSSR count). The van der Waals surface area contributed by atoms with E-state index in [2.05, 4.69) is 15.1 Å². The summed E-state index contributed by atoms with van der Waals surface area (Å²) in [6, 6.07) is 8.79. The van der Waals surface area contributed by atoms with Crippen LogP contribution >= 0.6 is 11.3 Å².